The number of hydrogen-bond acceptors (Lipinski definition) is 4. The summed E-state index contributed by atoms with van der Waals surface area (Å²) in [6, 6.07) is 10.4. The van der Waals surface area contributed by atoms with Crippen LogP contribution in [-0.4, -0.2) is 55.7 Å². The maximum atomic E-state index is 13.6. The molecule has 3 heterocycles. The molecular formula is C25H32N4O2. The van der Waals surface area contributed by atoms with Crippen molar-refractivity contribution in [3.63, 3.8) is 0 Å². The molecule has 0 saturated carbocycles. The van der Waals surface area contributed by atoms with Gasteiger partial charge in [0.1, 0.15) is 5.69 Å². The van der Waals surface area contributed by atoms with Crippen molar-refractivity contribution in [3.8, 4) is 0 Å². The van der Waals surface area contributed by atoms with Crippen LogP contribution in [-0.2, 0) is 11.2 Å². The number of carbonyl (C=O) groups is 2. The third-order valence-corrected chi connectivity index (χ3v) is 6.99. The highest BCUT2D eigenvalue weighted by Gasteiger charge is 2.54. The Hall–Kier alpha value is -2.76. The van der Waals surface area contributed by atoms with Crippen molar-refractivity contribution in [2.75, 3.05) is 6.54 Å². The van der Waals surface area contributed by atoms with E-state index in [0.29, 0.717) is 12.2 Å². The largest absolute Gasteiger partial charge is 0.334 e. The highest BCUT2D eigenvalue weighted by Crippen LogP contribution is 2.43. The van der Waals surface area contributed by atoms with Crippen molar-refractivity contribution in [3.05, 3.63) is 59.7 Å². The average Bonchev–Trinajstić information content (AvgIpc) is 3.01. The zero-order valence-corrected chi connectivity index (χ0v) is 18.8. The molecule has 4 rings (SSSR count). The first-order valence-corrected chi connectivity index (χ1v) is 11.3. The molecule has 2 aliphatic heterocycles. The third kappa shape index (κ3) is 4.21. The van der Waals surface area contributed by atoms with Crippen LogP contribution in [0.5, 0.6) is 0 Å². The van der Waals surface area contributed by atoms with Crippen LogP contribution >= 0.6 is 0 Å². The molecule has 2 saturated heterocycles. The van der Waals surface area contributed by atoms with E-state index >= 15 is 0 Å². The minimum absolute atomic E-state index is 0.0152. The number of aryl methyl sites for hydroxylation is 1. The van der Waals surface area contributed by atoms with E-state index < -0.39 is 5.54 Å². The van der Waals surface area contributed by atoms with E-state index in [1.165, 1.54) is 5.56 Å². The molecule has 31 heavy (non-hydrogen) atoms. The zero-order chi connectivity index (χ0) is 22.0. The second-order valence-corrected chi connectivity index (χ2v) is 9.20. The second kappa shape index (κ2) is 8.77. The first kappa shape index (κ1) is 21.5. The number of fused-ring (bicyclic) bond motifs is 1. The van der Waals surface area contributed by atoms with Gasteiger partial charge in [0.15, 0.2) is 0 Å². The number of amides is 2. The van der Waals surface area contributed by atoms with Gasteiger partial charge < -0.3 is 9.80 Å². The van der Waals surface area contributed by atoms with Gasteiger partial charge in [0.2, 0.25) is 5.91 Å². The minimum Gasteiger partial charge on any atom is -0.334 e. The van der Waals surface area contributed by atoms with Crippen LogP contribution < -0.4 is 0 Å². The molecule has 6 nitrogen and oxygen atoms in total. The third-order valence-electron chi connectivity index (χ3n) is 6.99. The fraction of sp³-hybridized carbons (Fsp3) is 0.520. The molecule has 0 aliphatic carbocycles. The maximum absolute atomic E-state index is 13.6. The van der Waals surface area contributed by atoms with Gasteiger partial charge in [-0.05, 0) is 45.1 Å². The van der Waals surface area contributed by atoms with Crippen molar-refractivity contribution in [2.24, 2.45) is 0 Å². The van der Waals surface area contributed by atoms with Crippen molar-refractivity contribution >= 4 is 11.8 Å². The summed E-state index contributed by atoms with van der Waals surface area (Å²) in [5, 5.41) is 0. The molecule has 1 aromatic carbocycles. The van der Waals surface area contributed by atoms with Crippen LogP contribution in [0, 0.1) is 6.92 Å². The topological polar surface area (TPSA) is 66.4 Å². The van der Waals surface area contributed by atoms with Crippen LogP contribution in [0.2, 0.25) is 0 Å². The molecule has 3 atom stereocenters. The van der Waals surface area contributed by atoms with E-state index in [2.05, 4.69) is 33.9 Å². The Morgan fingerprint density at radius 1 is 1.10 bits per heavy atom. The predicted octanol–water partition coefficient (Wildman–Crippen LogP) is 3.79. The second-order valence-electron chi connectivity index (χ2n) is 9.20. The van der Waals surface area contributed by atoms with E-state index in [0.717, 1.165) is 44.2 Å². The Labute approximate surface area is 184 Å². The molecule has 1 aromatic heterocycles. The summed E-state index contributed by atoms with van der Waals surface area (Å²) in [4.78, 5) is 39.1. The van der Waals surface area contributed by atoms with E-state index in [1.54, 1.807) is 19.3 Å². The normalized spacial score (nSPS) is 26.2. The fourth-order valence-electron chi connectivity index (χ4n) is 5.55. The summed E-state index contributed by atoms with van der Waals surface area (Å²) in [5.41, 5.74) is 1.97. The molecule has 0 radical (unpaired) electrons. The lowest BCUT2D eigenvalue weighted by atomic mass is 9.83. The number of carbonyl (C=O) groups excluding carboxylic acids is 2. The Morgan fingerprint density at radius 3 is 2.55 bits per heavy atom. The van der Waals surface area contributed by atoms with Crippen LogP contribution in [0.3, 0.4) is 0 Å². The van der Waals surface area contributed by atoms with Gasteiger partial charge in [0.05, 0.1) is 23.5 Å². The summed E-state index contributed by atoms with van der Waals surface area (Å²) >= 11 is 0. The lowest BCUT2D eigenvalue weighted by Gasteiger charge is -2.45. The first-order valence-electron chi connectivity index (χ1n) is 11.3. The summed E-state index contributed by atoms with van der Waals surface area (Å²) in [5.74, 6) is 0.0171. The summed E-state index contributed by atoms with van der Waals surface area (Å²) in [6.45, 7) is 6.39. The van der Waals surface area contributed by atoms with Crippen molar-refractivity contribution < 1.29 is 9.59 Å². The monoisotopic (exact) mass is 420 g/mol. The van der Waals surface area contributed by atoms with Crippen molar-refractivity contribution in [2.45, 2.75) is 76.9 Å². The highest BCUT2D eigenvalue weighted by molar-refractivity contribution is 5.92. The molecule has 164 valence electrons. The van der Waals surface area contributed by atoms with Gasteiger partial charge in [-0.3, -0.25) is 14.6 Å². The van der Waals surface area contributed by atoms with Crippen molar-refractivity contribution in [1.29, 1.82) is 0 Å². The molecular weight excluding hydrogens is 388 g/mol. The van der Waals surface area contributed by atoms with Gasteiger partial charge in [-0.2, -0.15) is 0 Å². The molecule has 2 aromatic rings. The Bertz CT molecular complexity index is 930. The fourth-order valence-corrected chi connectivity index (χ4v) is 5.55. The van der Waals surface area contributed by atoms with Crippen molar-refractivity contribution in [1.82, 2.24) is 19.8 Å². The molecule has 2 fully saturated rings. The highest BCUT2D eigenvalue weighted by atomic mass is 16.2. The molecule has 0 unspecified atom stereocenters. The summed E-state index contributed by atoms with van der Waals surface area (Å²) in [7, 11) is 0. The Morgan fingerprint density at radius 2 is 1.87 bits per heavy atom. The minimum atomic E-state index is -0.421. The molecule has 2 amide bonds. The molecule has 6 heteroatoms. The molecule has 0 bridgehead atoms. The number of aromatic nitrogens is 2. The molecule has 2 aliphatic rings. The standard InChI is InChI=1S/C25H32N4O2/c1-18-16-27-22(17-26-18)24(31)28-13-9-5-8-12-23-25(28,3)15-21(29(23)19(2)30)14-20-10-6-4-7-11-20/h4,6-7,10-11,16-17,21,23H,5,8-9,12-15H2,1-3H3/t21-,23+,25+/m1/s1. The van der Waals surface area contributed by atoms with E-state index in [1.807, 2.05) is 30.0 Å². The van der Waals surface area contributed by atoms with E-state index in [-0.39, 0.29) is 23.9 Å². The lowest BCUT2D eigenvalue weighted by molar-refractivity contribution is -0.133. The summed E-state index contributed by atoms with van der Waals surface area (Å²) in [6.07, 6.45) is 8.83. The quantitative estimate of drug-likeness (QED) is 0.758. The molecule has 0 spiro atoms. The number of rotatable bonds is 3. The Balaban J connectivity index is 1.70. The molecule has 0 N–H and O–H groups in total. The van der Waals surface area contributed by atoms with Crippen LogP contribution in [0.25, 0.3) is 0 Å². The first-order chi connectivity index (χ1) is 14.9. The van der Waals surface area contributed by atoms with Gasteiger partial charge in [-0.1, -0.05) is 43.2 Å². The van der Waals surface area contributed by atoms with E-state index in [4.69, 9.17) is 0 Å². The van der Waals surface area contributed by atoms with Gasteiger partial charge in [-0.25, -0.2) is 4.98 Å². The van der Waals surface area contributed by atoms with E-state index in [9.17, 15) is 9.59 Å². The maximum Gasteiger partial charge on any atom is 0.274 e. The lowest BCUT2D eigenvalue weighted by Crippen LogP contribution is -2.58. The number of benzene rings is 1. The smallest absolute Gasteiger partial charge is 0.274 e. The Kier molecular flexibility index (Phi) is 6.08. The van der Waals surface area contributed by atoms with Crippen LogP contribution in [0.1, 0.15) is 67.7 Å². The number of nitrogens with zero attached hydrogens (tertiary/aromatic N) is 4. The van der Waals surface area contributed by atoms with Gasteiger partial charge in [0.25, 0.3) is 5.91 Å². The predicted molar refractivity (Wildman–Crippen MR) is 120 cm³/mol. The van der Waals surface area contributed by atoms with Gasteiger partial charge in [0, 0.05) is 25.7 Å². The SMILES string of the molecule is CC(=O)N1[C@H](Cc2ccccc2)C[C@@]2(C)[C@@H]1CCCCCN2C(=O)c1cnc(C)cn1. The van der Waals surface area contributed by atoms with Crippen LogP contribution in [0.15, 0.2) is 42.7 Å². The van der Waals surface area contributed by atoms with Gasteiger partial charge in [-0.15, -0.1) is 0 Å². The number of likely N-dealkylation sites (tertiary alicyclic amines) is 2. The zero-order valence-electron chi connectivity index (χ0n) is 18.8. The van der Waals surface area contributed by atoms with Crippen LogP contribution in [0.4, 0.5) is 0 Å². The summed E-state index contributed by atoms with van der Waals surface area (Å²) < 4.78 is 0. The average molecular weight is 421 g/mol. The number of hydrogen-bond donors (Lipinski definition) is 0. The van der Waals surface area contributed by atoms with Gasteiger partial charge >= 0.3 is 0 Å².